The van der Waals surface area contributed by atoms with Crippen molar-refractivity contribution < 1.29 is 14.2 Å². The van der Waals surface area contributed by atoms with Gasteiger partial charge in [-0.1, -0.05) is 6.92 Å². The van der Waals surface area contributed by atoms with E-state index in [9.17, 15) is 9.50 Å². The second-order valence-corrected chi connectivity index (χ2v) is 4.20. The molecule has 0 spiro atoms. The predicted molar refractivity (Wildman–Crippen MR) is 64.1 cm³/mol. The second kappa shape index (κ2) is 6.83. The molecule has 1 rings (SSSR count). The van der Waals surface area contributed by atoms with Crippen LogP contribution in [0.5, 0.6) is 5.75 Å². The lowest BCUT2D eigenvalue weighted by Crippen LogP contribution is -2.31. The van der Waals surface area contributed by atoms with Crippen LogP contribution >= 0.6 is 15.9 Å². The Labute approximate surface area is 103 Å². The van der Waals surface area contributed by atoms with E-state index in [4.69, 9.17) is 4.74 Å². The monoisotopic (exact) mass is 291 g/mol. The average Bonchev–Trinajstić information content (AvgIpc) is 2.28. The number of hydrogen-bond donors (Lipinski definition) is 2. The highest BCUT2D eigenvalue weighted by atomic mass is 79.9. The second-order valence-electron chi connectivity index (χ2n) is 3.35. The Bertz CT molecular complexity index is 336. The van der Waals surface area contributed by atoms with Crippen molar-refractivity contribution in [1.29, 1.82) is 0 Å². The van der Waals surface area contributed by atoms with Crippen LogP contribution in [0.25, 0.3) is 0 Å². The molecule has 1 aromatic rings. The Balaban J connectivity index is 2.39. The van der Waals surface area contributed by atoms with Crippen LogP contribution in [-0.4, -0.2) is 30.9 Å². The average molecular weight is 292 g/mol. The molecule has 0 aliphatic heterocycles. The number of rotatable bonds is 6. The molecule has 0 radical (unpaired) electrons. The maximum absolute atomic E-state index is 12.9. The molecule has 16 heavy (non-hydrogen) atoms. The van der Waals surface area contributed by atoms with Crippen LogP contribution < -0.4 is 10.1 Å². The van der Waals surface area contributed by atoms with Crippen molar-refractivity contribution in [2.24, 2.45) is 0 Å². The van der Waals surface area contributed by atoms with Crippen LogP contribution in [0.15, 0.2) is 22.7 Å². The number of likely N-dealkylation sites (N-methyl/N-ethyl adjacent to an activating group) is 1. The van der Waals surface area contributed by atoms with Crippen LogP contribution in [0.1, 0.15) is 6.92 Å². The molecule has 3 nitrogen and oxygen atoms in total. The number of aliphatic hydroxyl groups is 1. The van der Waals surface area contributed by atoms with Crippen molar-refractivity contribution in [3.8, 4) is 5.75 Å². The minimum absolute atomic E-state index is 0.186. The van der Waals surface area contributed by atoms with E-state index >= 15 is 0 Å². The quantitative estimate of drug-likeness (QED) is 0.842. The molecule has 5 heteroatoms. The Morgan fingerprint density at radius 1 is 1.56 bits per heavy atom. The molecule has 0 heterocycles. The molecule has 0 bridgehead atoms. The van der Waals surface area contributed by atoms with Crippen molar-refractivity contribution >= 4 is 15.9 Å². The number of nitrogens with one attached hydrogen (secondary N) is 1. The maximum atomic E-state index is 12.9. The molecule has 0 saturated heterocycles. The zero-order valence-corrected chi connectivity index (χ0v) is 10.6. The fourth-order valence-corrected chi connectivity index (χ4v) is 1.49. The molecule has 90 valence electrons. The zero-order valence-electron chi connectivity index (χ0n) is 9.04. The van der Waals surface area contributed by atoms with Crippen molar-refractivity contribution in [2.45, 2.75) is 13.0 Å². The highest BCUT2D eigenvalue weighted by Gasteiger charge is 2.05. The van der Waals surface area contributed by atoms with Gasteiger partial charge in [-0.05, 0) is 40.7 Å². The van der Waals surface area contributed by atoms with Crippen LogP contribution in [-0.2, 0) is 0 Å². The molecule has 0 saturated carbocycles. The third-order valence-electron chi connectivity index (χ3n) is 1.96. The van der Waals surface area contributed by atoms with Crippen LogP contribution in [0, 0.1) is 5.82 Å². The summed E-state index contributed by atoms with van der Waals surface area (Å²) >= 11 is 3.07. The molecular formula is C11H15BrFNO2. The smallest absolute Gasteiger partial charge is 0.137 e. The van der Waals surface area contributed by atoms with Crippen LogP contribution in [0.4, 0.5) is 4.39 Å². The predicted octanol–water partition coefficient (Wildman–Crippen LogP) is 1.94. The van der Waals surface area contributed by atoms with Gasteiger partial charge < -0.3 is 15.2 Å². The Morgan fingerprint density at radius 3 is 2.94 bits per heavy atom. The summed E-state index contributed by atoms with van der Waals surface area (Å²) < 4.78 is 18.6. The third kappa shape index (κ3) is 4.47. The fraction of sp³-hybridized carbons (Fsp3) is 0.455. The lowest BCUT2D eigenvalue weighted by Gasteiger charge is -2.12. The minimum Gasteiger partial charge on any atom is -0.491 e. The van der Waals surface area contributed by atoms with Gasteiger partial charge in [0, 0.05) is 6.54 Å². The van der Waals surface area contributed by atoms with E-state index < -0.39 is 6.10 Å². The largest absolute Gasteiger partial charge is 0.491 e. The van der Waals surface area contributed by atoms with Crippen molar-refractivity contribution in [3.63, 3.8) is 0 Å². The van der Waals surface area contributed by atoms with Gasteiger partial charge in [0.2, 0.25) is 0 Å². The van der Waals surface area contributed by atoms with Crippen molar-refractivity contribution in [2.75, 3.05) is 19.7 Å². The van der Waals surface area contributed by atoms with Gasteiger partial charge in [-0.25, -0.2) is 4.39 Å². The van der Waals surface area contributed by atoms with E-state index in [2.05, 4.69) is 21.2 Å². The first kappa shape index (κ1) is 13.4. The molecule has 0 amide bonds. The zero-order chi connectivity index (χ0) is 12.0. The maximum Gasteiger partial charge on any atom is 0.137 e. The van der Waals surface area contributed by atoms with Gasteiger partial charge in [0.15, 0.2) is 0 Å². The van der Waals surface area contributed by atoms with E-state index in [0.717, 1.165) is 6.54 Å². The van der Waals surface area contributed by atoms with E-state index in [1.54, 1.807) is 0 Å². The Morgan fingerprint density at radius 2 is 2.31 bits per heavy atom. The summed E-state index contributed by atoms with van der Waals surface area (Å²) in [5, 5.41) is 12.5. The number of ether oxygens (including phenoxy) is 1. The summed E-state index contributed by atoms with van der Waals surface area (Å²) in [5.74, 6) is 0.198. The van der Waals surface area contributed by atoms with Crippen molar-refractivity contribution in [3.05, 3.63) is 28.5 Å². The summed E-state index contributed by atoms with van der Waals surface area (Å²) in [4.78, 5) is 0. The molecule has 0 aliphatic rings. The molecular weight excluding hydrogens is 277 g/mol. The van der Waals surface area contributed by atoms with E-state index in [1.807, 2.05) is 6.92 Å². The number of aliphatic hydroxyl groups excluding tert-OH is 1. The first-order valence-electron chi connectivity index (χ1n) is 5.10. The summed E-state index contributed by atoms with van der Waals surface area (Å²) in [6.07, 6.45) is -0.566. The Kier molecular flexibility index (Phi) is 5.73. The molecule has 0 fully saturated rings. The summed E-state index contributed by atoms with van der Waals surface area (Å²) in [5.41, 5.74) is 0. The number of halogens is 2. The minimum atomic E-state index is -0.566. The SMILES string of the molecule is CCNCC(O)COc1ccc(F)c(Br)c1. The summed E-state index contributed by atoms with van der Waals surface area (Å²) in [6.45, 7) is 3.44. The standard InChI is InChI=1S/C11H15BrFNO2/c1-2-14-6-8(15)7-16-9-3-4-11(13)10(12)5-9/h3-5,8,14-15H,2,6-7H2,1H3. The van der Waals surface area contributed by atoms with Gasteiger partial charge in [-0.3, -0.25) is 0 Å². The first-order chi connectivity index (χ1) is 7.63. The highest BCUT2D eigenvalue weighted by Crippen LogP contribution is 2.21. The van der Waals surface area contributed by atoms with Gasteiger partial charge in [0.25, 0.3) is 0 Å². The van der Waals surface area contributed by atoms with Gasteiger partial charge in [-0.15, -0.1) is 0 Å². The molecule has 1 aromatic carbocycles. The Hall–Kier alpha value is -0.650. The normalized spacial score (nSPS) is 12.5. The lowest BCUT2D eigenvalue weighted by atomic mass is 10.3. The van der Waals surface area contributed by atoms with Gasteiger partial charge in [0.1, 0.15) is 24.3 Å². The van der Waals surface area contributed by atoms with Crippen molar-refractivity contribution in [1.82, 2.24) is 5.32 Å². The molecule has 1 atom stereocenters. The van der Waals surface area contributed by atoms with E-state index in [-0.39, 0.29) is 12.4 Å². The third-order valence-corrected chi connectivity index (χ3v) is 2.57. The number of hydrogen-bond acceptors (Lipinski definition) is 3. The van der Waals surface area contributed by atoms with Gasteiger partial charge in [0.05, 0.1) is 4.47 Å². The molecule has 2 N–H and O–H groups in total. The molecule has 1 unspecified atom stereocenters. The molecule has 0 aromatic heterocycles. The summed E-state index contributed by atoms with van der Waals surface area (Å²) in [6, 6.07) is 4.38. The summed E-state index contributed by atoms with van der Waals surface area (Å²) in [7, 11) is 0. The fourth-order valence-electron chi connectivity index (χ4n) is 1.13. The van der Waals surface area contributed by atoms with Gasteiger partial charge in [-0.2, -0.15) is 0 Å². The highest BCUT2D eigenvalue weighted by molar-refractivity contribution is 9.10. The van der Waals surface area contributed by atoms with E-state index in [0.29, 0.717) is 16.8 Å². The van der Waals surface area contributed by atoms with Crippen LogP contribution in [0.3, 0.4) is 0 Å². The van der Waals surface area contributed by atoms with Gasteiger partial charge >= 0.3 is 0 Å². The van der Waals surface area contributed by atoms with Crippen LogP contribution in [0.2, 0.25) is 0 Å². The topological polar surface area (TPSA) is 41.5 Å². The first-order valence-corrected chi connectivity index (χ1v) is 5.89. The van der Waals surface area contributed by atoms with E-state index in [1.165, 1.54) is 18.2 Å². The molecule has 0 aliphatic carbocycles. The lowest BCUT2D eigenvalue weighted by molar-refractivity contribution is 0.107. The number of benzene rings is 1.